The third-order valence-corrected chi connectivity index (χ3v) is 5.40. The van der Waals surface area contributed by atoms with Crippen LogP contribution in [-0.4, -0.2) is 24.2 Å². The third-order valence-electron chi connectivity index (χ3n) is 5.40. The molecule has 0 heterocycles. The number of hydrogen-bond acceptors (Lipinski definition) is 4. The molecule has 0 bridgehead atoms. The van der Waals surface area contributed by atoms with Crippen LogP contribution in [0.4, 0.5) is 0 Å². The number of allylic oxidation sites excluding steroid dienone is 1. The largest absolute Gasteiger partial charge is 0.480 e. The van der Waals surface area contributed by atoms with Crippen molar-refractivity contribution >= 4 is 22.7 Å². The summed E-state index contributed by atoms with van der Waals surface area (Å²) in [6.07, 6.45) is 2.01. The predicted octanol–water partition coefficient (Wildman–Crippen LogP) is 3.05. The van der Waals surface area contributed by atoms with Crippen molar-refractivity contribution in [3.05, 3.63) is 60.7 Å². The summed E-state index contributed by atoms with van der Waals surface area (Å²) >= 11 is 0. The van der Waals surface area contributed by atoms with Gasteiger partial charge < -0.3 is 15.6 Å². The van der Waals surface area contributed by atoms with Crippen LogP contribution in [0.15, 0.2) is 55.1 Å². The van der Waals surface area contributed by atoms with Gasteiger partial charge in [-0.3, -0.25) is 9.59 Å². The van der Waals surface area contributed by atoms with E-state index in [1.807, 2.05) is 42.5 Å². The van der Waals surface area contributed by atoms with Gasteiger partial charge in [-0.2, -0.15) is 0 Å². The molecule has 0 aliphatic heterocycles. The van der Waals surface area contributed by atoms with E-state index in [1.54, 1.807) is 6.08 Å². The van der Waals surface area contributed by atoms with Gasteiger partial charge in [0.1, 0.15) is 0 Å². The van der Waals surface area contributed by atoms with Gasteiger partial charge in [-0.05, 0) is 29.2 Å². The molecule has 0 saturated heterocycles. The van der Waals surface area contributed by atoms with Crippen LogP contribution < -0.4 is 5.73 Å². The number of fused-ring (bicyclic) bond motifs is 1. The molecule has 1 aliphatic rings. The lowest BCUT2D eigenvalue weighted by Crippen LogP contribution is -2.34. The molecule has 0 radical (unpaired) electrons. The maximum atomic E-state index is 12.2. The number of carboxylic acid groups (broad SMARTS) is 1. The molecule has 3 rings (SSSR count). The third kappa shape index (κ3) is 2.43. The van der Waals surface area contributed by atoms with Crippen LogP contribution in [0.5, 0.6) is 0 Å². The molecule has 0 aromatic heterocycles. The number of methoxy groups -OCH3 is 1. The SMILES string of the molecule is C=C[C@@]1(C[C@@H](N)c2cccc3ccccc23)C[C@]1(C(=O)O)C(=O)OC. The molecule has 5 nitrogen and oxygen atoms in total. The first-order valence-corrected chi connectivity index (χ1v) is 8.10. The van der Waals surface area contributed by atoms with Crippen LogP contribution in [0.3, 0.4) is 0 Å². The standard InChI is InChI=1S/C20H21NO4/c1-3-19(12-20(19,17(22)23)18(24)25-2)11-16(21)15-10-6-8-13-7-4-5-9-14(13)15/h3-10,16H,1,11-12,21H2,2H3,(H,22,23)/t16-,19-,20+/m1/s1. The fraction of sp³-hybridized carbons (Fsp3) is 0.300. The Balaban J connectivity index is 1.96. The minimum atomic E-state index is -1.59. The number of carbonyl (C=O) groups excluding carboxylic acids is 1. The van der Waals surface area contributed by atoms with Gasteiger partial charge in [0.05, 0.1) is 7.11 Å². The fourth-order valence-electron chi connectivity index (χ4n) is 3.91. The van der Waals surface area contributed by atoms with Crippen molar-refractivity contribution in [2.45, 2.75) is 18.9 Å². The summed E-state index contributed by atoms with van der Waals surface area (Å²) in [6, 6.07) is 13.3. The number of aliphatic carboxylic acids is 1. The van der Waals surface area contributed by atoms with Crippen molar-refractivity contribution in [2.75, 3.05) is 7.11 Å². The average Bonchev–Trinajstić information content (AvgIpc) is 3.30. The van der Waals surface area contributed by atoms with Gasteiger partial charge in [0.15, 0.2) is 5.41 Å². The molecule has 3 atom stereocenters. The normalized spacial score (nSPS) is 26.0. The first-order valence-electron chi connectivity index (χ1n) is 8.10. The molecular weight excluding hydrogens is 318 g/mol. The van der Waals surface area contributed by atoms with Gasteiger partial charge in [0, 0.05) is 11.5 Å². The van der Waals surface area contributed by atoms with Crippen molar-refractivity contribution in [3.63, 3.8) is 0 Å². The summed E-state index contributed by atoms with van der Waals surface area (Å²) in [5.41, 5.74) is 4.87. The van der Waals surface area contributed by atoms with Crippen LogP contribution in [0.25, 0.3) is 10.8 Å². The highest BCUT2D eigenvalue weighted by Gasteiger charge is 2.76. The van der Waals surface area contributed by atoms with E-state index in [4.69, 9.17) is 10.5 Å². The van der Waals surface area contributed by atoms with E-state index < -0.39 is 28.8 Å². The monoisotopic (exact) mass is 339 g/mol. The number of hydrogen-bond donors (Lipinski definition) is 2. The molecule has 1 aliphatic carbocycles. The Hall–Kier alpha value is -2.66. The summed E-state index contributed by atoms with van der Waals surface area (Å²) in [6.45, 7) is 3.77. The Bertz CT molecular complexity index is 856. The van der Waals surface area contributed by atoms with Gasteiger partial charge in [0.2, 0.25) is 0 Å². The summed E-state index contributed by atoms with van der Waals surface area (Å²) in [7, 11) is 1.20. The molecule has 5 heteroatoms. The molecule has 3 N–H and O–H groups in total. The minimum Gasteiger partial charge on any atom is -0.480 e. The molecule has 130 valence electrons. The predicted molar refractivity (Wildman–Crippen MR) is 94.8 cm³/mol. The lowest BCUT2D eigenvalue weighted by molar-refractivity contribution is -0.161. The summed E-state index contributed by atoms with van der Waals surface area (Å²) in [4.78, 5) is 24.0. The molecule has 0 spiro atoms. The topological polar surface area (TPSA) is 89.6 Å². The van der Waals surface area contributed by atoms with E-state index in [1.165, 1.54) is 7.11 Å². The zero-order chi connectivity index (χ0) is 18.2. The van der Waals surface area contributed by atoms with Gasteiger partial charge in [-0.15, -0.1) is 6.58 Å². The highest BCUT2D eigenvalue weighted by molar-refractivity contribution is 6.04. The van der Waals surface area contributed by atoms with E-state index >= 15 is 0 Å². The molecule has 25 heavy (non-hydrogen) atoms. The lowest BCUT2D eigenvalue weighted by atomic mass is 9.84. The van der Waals surface area contributed by atoms with E-state index in [0.717, 1.165) is 16.3 Å². The molecule has 1 fully saturated rings. The van der Waals surface area contributed by atoms with Crippen molar-refractivity contribution in [3.8, 4) is 0 Å². The van der Waals surface area contributed by atoms with Crippen LogP contribution in [0.2, 0.25) is 0 Å². The smallest absolute Gasteiger partial charge is 0.324 e. The second-order valence-electron chi connectivity index (χ2n) is 6.62. The Morgan fingerprint density at radius 2 is 2.00 bits per heavy atom. The molecular formula is C20H21NO4. The van der Waals surface area contributed by atoms with Crippen LogP contribution in [0.1, 0.15) is 24.4 Å². The summed E-state index contributed by atoms with van der Waals surface area (Å²) in [5, 5.41) is 11.7. The van der Waals surface area contributed by atoms with Crippen molar-refractivity contribution in [1.82, 2.24) is 0 Å². The summed E-state index contributed by atoms with van der Waals surface area (Å²) < 4.78 is 4.75. The number of carboxylic acids is 1. The van der Waals surface area contributed by atoms with Gasteiger partial charge >= 0.3 is 11.9 Å². The maximum absolute atomic E-state index is 12.2. The highest BCUT2D eigenvalue weighted by atomic mass is 16.5. The van der Waals surface area contributed by atoms with Crippen molar-refractivity contribution in [1.29, 1.82) is 0 Å². The first-order chi connectivity index (χ1) is 11.9. The molecule has 2 aromatic rings. The first kappa shape index (κ1) is 17.2. The number of ether oxygens (including phenoxy) is 1. The van der Waals surface area contributed by atoms with Gasteiger partial charge in [-0.1, -0.05) is 48.5 Å². The second kappa shape index (κ2) is 6.01. The number of rotatable bonds is 6. The van der Waals surface area contributed by atoms with Crippen LogP contribution in [-0.2, 0) is 14.3 Å². The molecule has 0 unspecified atom stereocenters. The number of carbonyl (C=O) groups is 2. The molecule has 0 amide bonds. The zero-order valence-electron chi connectivity index (χ0n) is 14.1. The number of benzene rings is 2. The van der Waals surface area contributed by atoms with Crippen molar-refractivity contribution in [2.24, 2.45) is 16.6 Å². The Kier molecular flexibility index (Phi) is 4.13. The lowest BCUT2D eigenvalue weighted by Gasteiger charge is -2.23. The van der Waals surface area contributed by atoms with Crippen LogP contribution >= 0.6 is 0 Å². The van der Waals surface area contributed by atoms with E-state index in [-0.39, 0.29) is 6.42 Å². The Morgan fingerprint density at radius 3 is 2.64 bits per heavy atom. The average molecular weight is 339 g/mol. The molecule has 1 saturated carbocycles. The summed E-state index contributed by atoms with van der Waals surface area (Å²) in [5.74, 6) is -1.94. The van der Waals surface area contributed by atoms with Crippen LogP contribution in [0, 0.1) is 10.8 Å². The zero-order valence-corrected chi connectivity index (χ0v) is 14.1. The minimum absolute atomic E-state index is 0.157. The molecule has 2 aromatic carbocycles. The van der Waals surface area contributed by atoms with E-state index in [2.05, 4.69) is 6.58 Å². The second-order valence-corrected chi connectivity index (χ2v) is 6.62. The Labute approximate surface area is 146 Å². The van der Waals surface area contributed by atoms with Gasteiger partial charge in [0.25, 0.3) is 0 Å². The van der Waals surface area contributed by atoms with E-state index in [0.29, 0.717) is 6.42 Å². The van der Waals surface area contributed by atoms with Crippen molar-refractivity contribution < 1.29 is 19.4 Å². The Morgan fingerprint density at radius 1 is 1.32 bits per heavy atom. The van der Waals surface area contributed by atoms with E-state index in [9.17, 15) is 14.7 Å². The highest BCUT2D eigenvalue weighted by Crippen LogP contribution is 2.68. The maximum Gasteiger partial charge on any atom is 0.324 e. The fourth-order valence-corrected chi connectivity index (χ4v) is 3.91. The van der Waals surface area contributed by atoms with Gasteiger partial charge in [-0.25, -0.2) is 0 Å². The number of nitrogens with two attached hydrogens (primary N) is 1. The number of esters is 1. The quantitative estimate of drug-likeness (QED) is 0.480.